The molecule has 27 rings (SSSR count). The van der Waals surface area contributed by atoms with Gasteiger partial charge in [-0.25, -0.2) is 0 Å². The van der Waals surface area contributed by atoms with Crippen LogP contribution in [0.2, 0.25) is 0 Å². The lowest BCUT2D eigenvalue weighted by Crippen LogP contribution is -2.55. The fourth-order valence-electron chi connectivity index (χ4n) is 25.8. The molecular formula is C122H98N2. The van der Waals surface area contributed by atoms with Crippen LogP contribution in [0.15, 0.2) is 425 Å². The average molecular weight is 1590 g/mol. The molecule has 17 aromatic rings. The van der Waals surface area contributed by atoms with Crippen molar-refractivity contribution in [3.8, 4) is 122 Å². The first kappa shape index (κ1) is 74.2. The minimum absolute atomic E-state index is 0.191. The van der Waals surface area contributed by atoms with Gasteiger partial charge in [0.1, 0.15) is 0 Å². The Kier molecular flexibility index (Phi) is 18.4. The predicted octanol–water partition coefficient (Wildman–Crippen LogP) is 32.8. The van der Waals surface area contributed by atoms with Crippen molar-refractivity contribution >= 4 is 34.1 Å². The van der Waals surface area contributed by atoms with Crippen LogP contribution in [0.3, 0.4) is 0 Å². The molecule has 17 aromatic carbocycles. The molecule has 0 radical (unpaired) electrons. The first-order chi connectivity index (χ1) is 61.4. The maximum atomic E-state index is 2.51. The number of para-hydroxylation sites is 1. The number of benzene rings is 17. The van der Waals surface area contributed by atoms with Crippen LogP contribution < -0.4 is 9.80 Å². The zero-order valence-electron chi connectivity index (χ0n) is 70.0. The van der Waals surface area contributed by atoms with E-state index in [4.69, 9.17) is 0 Å². The largest absolute Gasteiger partial charge is 0.310 e. The van der Waals surface area contributed by atoms with E-state index in [0.717, 1.165) is 81.5 Å². The predicted molar refractivity (Wildman–Crippen MR) is 518 cm³/mol. The number of fused-ring (bicyclic) bond motifs is 6. The first-order valence-electron chi connectivity index (χ1n) is 45.6. The monoisotopic (exact) mass is 1590 g/mol. The van der Waals surface area contributed by atoms with Crippen LogP contribution in [-0.4, -0.2) is 0 Å². The lowest BCUT2D eigenvalue weighted by Gasteiger charge is -2.61. The molecule has 0 atom stereocenters. The number of anilines is 6. The maximum Gasteiger partial charge on any atom is 0.0540 e. The van der Waals surface area contributed by atoms with Crippen molar-refractivity contribution in [2.45, 2.75) is 75.0 Å². The van der Waals surface area contributed by atoms with Crippen LogP contribution in [0.4, 0.5) is 34.1 Å². The molecule has 0 unspecified atom stereocenters. The molecule has 0 aromatic heterocycles. The fourth-order valence-corrected chi connectivity index (χ4v) is 25.8. The van der Waals surface area contributed by atoms with Crippen molar-refractivity contribution in [1.82, 2.24) is 0 Å². The van der Waals surface area contributed by atoms with Crippen molar-refractivity contribution in [3.05, 3.63) is 447 Å². The van der Waals surface area contributed by atoms with Crippen molar-refractivity contribution in [1.29, 1.82) is 0 Å². The Labute approximate surface area is 730 Å². The van der Waals surface area contributed by atoms with Gasteiger partial charge in [0.05, 0.1) is 5.69 Å². The lowest BCUT2D eigenvalue weighted by molar-refractivity contribution is -0.0399. The molecule has 0 heterocycles. The van der Waals surface area contributed by atoms with E-state index >= 15 is 0 Å². The van der Waals surface area contributed by atoms with Gasteiger partial charge >= 0.3 is 0 Å². The van der Waals surface area contributed by atoms with Gasteiger partial charge in [-0.3, -0.25) is 0 Å². The smallest absolute Gasteiger partial charge is 0.0540 e. The highest BCUT2D eigenvalue weighted by atomic mass is 15.1. The van der Waals surface area contributed by atoms with E-state index in [1.165, 1.54) is 187 Å². The fraction of sp³-hybridized carbons (Fsp3) is 0.164. The Bertz CT molecular complexity index is 6740. The van der Waals surface area contributed by atoms with E-state index in [1.54, 1.807) is 22.3 Å². The summed E-state index contributed by atoms with van der Waals surface area (Å²) >= 11 is 0. The summed E-state index contributed by atoms with van der Waals surface area (Å²) in [7, 11) is 0. The van der Waals surface area contributed by atoms with Crippen LogP contribution in [0.25, 0.3) is 122 Å². The van der Waals surface area contributed by atoms with Gasteiger partial charge in [0.25, 0.3) is 0 Å². The Morgan fingerprint density at radius 3 is 0.766 bits per heavy atom. The van der Waals surface area contributed by atoms with Gasteiger partial charge in [-0.2, -0.15) is 0 Å². The highest BCUT2D eigenvalue weighted by molar-refractivity contribution is 5.97. The van der Waals surface area contributed by atoms with Crippen LogP contribution in [0.5, 0.6) is 0 Å². The number of hydrogen-bond donors (Lipinski definition) is 0. The Balaban J connectivity index is 0.000000140. The Hall–Kier alpha value is -13.7. The highest BCUT2D eigenvalue weighted by Crippen LogP contribution is 2.72. The molecule has 0 N–H and O–H groups in total. The van der Waals surface area contributed by atoms with Gasteiger partial charge in [-0.1, -0.05) is 358 Å². The van der Waals surface area contributed by atoms with Crippen molar-refractivity contribution in [2.75, 3.05) is 9.80 Å². The molecule has 8 fully saturated rings. The Morgan fingerprint density at radius 1 is 0.161 bits per heavy atom. The van der Waals surface area contributed by atoms with Crippen molar-refractivity contribution in [2.24, 2.45) is 47.3 Å². The first-order valence-corrected chi connectivity index (χ1v) is 45.6. The molecule has 8 bridgehead atoms. The Morgan fingerprint density at radius 2 is 0.403 bits per heavy atom. The summed E-state index contributed by atoms with van der Waals surface area (Å²) in [6.07, 6.45) is 14.3. The van der Waals surface area contributed by atoms with Crippen LogP contribution >= 0.6 is 0 Å². The van der Waals surface area contributed by atoms with Gasteiger partial charge < -0.3 is 9.80 Å². The topological polar surface area (TPSA) is 6.48 Å². The number of hydrogen-bond acceptors (Lipinski definition) is 2. The van der Waals surface area contributed by atoms with Gasteiger partial charge in [0.15, 0.2) is 0 Å². The van der Waals surface area contributed by atoms with Gasteiger partial charge in [0.2, 0.25) is 0 Å². The zero-order valence-corrected chi connectivity index (χ0v) is 70.0. The van der Waals surface area contributed by atoms with Gasteiger partial charge in [-0.05, 0) is 317 Å². The standard InChI is InChI=1S/C64H51N.C58H47N/c1-3-11-45(12-4-1)50-29-33-56(34-30-50)65(58-16-9-15-53(42-58)46-13-5-2-6-14-46)57-35-31-51(32-36-57)48-23-21-47(22-24-48)49-25-27-52(28-26-49)59-18-10-20-62-63(59)60-17-7-8-19-61(60)64(62)54-38-43-37-44(40-54)41-55(64)39-43;1-3-12-41(13-4-1)43-26-30-49(31-27-43)59(56-21-10-8-16-51(56)45-14-5-2-6-15-45)50-32-28-44(29-33-50)42-22-24-46(25-23-42)52-18-11-20-55-57(52)53-17-7-9-19-54(53)58(55)47-35-39-34-40(37-47)38-48(58)36-39/h1-36,42-44,54-55H,37-41H2;1-33,39-40,47-48H,34-38H2. The summed E-state index contributed by atoms with van der Waals surface area (Å²) in [5.41, 5.74) is 42.0. The SMILES string of the molecule is c1ccc(-c2ccc(N(c3ccc(-c4ccc(-c5ccc(-c6cccc7c6-c6ccccc6C76C7CC8CC(C7)CC6C8)cc5)cc4)cc3)c3cccc(-c4ccccc4)c3)cc2)cc1.c1ccc(-c2ccc(N(c3ccc(-c4ccc(-c5cccc6c5-c5ccccc5C65C6CC7CC(C6)CC5C7)cc4)cc3)c3ccccc3-c3ccccc3)cc2)cc1. The van der Waals surface area contributed by atoms with Crippen molar-refractivity contribution in [3.63, 3.8) is 0 Å². The molecule has 8 saturated carbocycles. The summed E-state index contributed by atoms with van der Waals surface area (Å²) in [5.74, 6) is 6.90. The van der Waals surface area contributed by atoms with E-state index in [0.29, 0.717) is 0 Å². The maximum absolute atomic E-state index is 2.51. The highest BCUT2D eigenvalue weighted by Gasteiger charge is 2.63. The van der Waals surface area contributed by atoms with Crippen LogP contribution in [0, 0.1) is 47.3 Å². The van der Waals surface area contributed by atoms with Gasteiger partial charge in [-0.15, -0.1) is 0 Å². The molecule has 10 aliphatic carbocycles. The number of rotatable bonds is 15. The molecule has 596 valence electrons. The van der Waals surface area contributed by atoms with E-state index in [9.17, 15) is 0 Å². The summed E-state index contributed by atoms with van der Waals surface area (Å²) in [6, 6.07) is 158. The minimum Gasteiger partial charge on any atom is -0.310 e. The third kappa shape index (κ3) is 12.6. The second-order valence-corrected chi connectivity index (χ2v) is 37.0. The second-order valence-electron chi connectivity index (χ2n) is 37.0. The van der Waals surface area contributed by atoms with E-state index < -0.39 is 0 Å². The van der Waals surface area contributed by atoms with E-state index in [1.807, 2.05) is 0 Å². The summed E-state index contributed by atoms with van der Waals surface area (Å²) in [6.45, 7) is 0. The van der Waals surface area contributed by atoms with Crippen molar-refractivity contribution < 1.29 is 0 Å². The molecule has 2 heteroatoms. The molecule has 2 nitrogen and oxygen atoms in total. The molecule has 124 heavy (non-hydrogen) atoms. The molecule has 10 aliphatic rings. The molecular weight excluding hydrogens is 1490 g/mol. The third-order valence-corrected chi connectivity index (χ3v) is 30.6. The molecule has 0 saturated heterocycles. The summed E-state index contributed by atoms with van der Waals surface area (Å²) in [4.78, 5) is 4.76. The minimum atomic E-state index is 0.191. The van der Waals surface area contributed by atoms with E-state index in [-0.39, 0.29) is 10.8 Å². The summed E-state index contributed by atoms with van der Waals surface area (Å²) in [5, 5.41) is 0. The number of nitrogens with zero attached hydrogens (tertiary/aromatic N) is 2. The molecule has 0 amide bonds. The average Bonchev–Trinajstić information content (AvgIpc) is 1.50. The van der Waals surface area contributed by atoms with Gasteiger partial charge in [0, 0.05) is 44.8 Å². The quantitative estimate of drug-likeness (QED) is 0.101. The van der Waals surface area contributed by atoms with Crippen LogP contribution in [-0.2, 0) is 10.8 Å². The molecule has 2 spiro atoms. The summed E-state index contributed by atoms with van der Waals surface area (Å²) < 4.78 is 0. The third-order valence-electron chi connectivity index (χ3n) is 30.6. The van der Waals surface area contributed by atoms with Crippen LogP contribution in [0.1, 0.15) is 86.5 Å². The lowest BCUT2D eigenvalue weighted by atomic mass is 9.43. The molecule has 0 aliphatic heterocycles. The second kappa shape index (κ2) is 30.7. The van der Waals surface area contributed by atoms with E-state index in [2.05, 4.69) is 434 Å². The normalized spacial score (nSPS) is 21.5. The zero-order chi connectivity index (χ0) is 81.8.